The average molecular weight is 162 g/mol. The van der Waals surface area contributed by atoms with Gasteiger partial charge in [0.2, 0.25) is 0 Å². The summed E-state index contributed by atoms with van der Waals surface area (Å²) in [5.41, 5.74) is 3.16. The van der Waals surface area contributed by atoms with Gasteiger partial charge in [0.15, 0.2) is 11.6 Å². The summed E-state index contributed by atoms with van der Waals surface area (Å²) in [6.07, 6.45) is 0. The number of rotatable bonds is 2. The summed E-state index contributed by atoms with van der Waals surface area (Å²) in [6.45, 7) is 0. The molecule has 0 fully saturated rings. The van der Waals surface area contributed by atoms with Crippen molar-refractivity contribution in [1.82, 2.24) is 5.65 Å². The Morgan fingerprint density at radius 1 is 1.09 bits per heavy atom. The standard InChI is InChI=1S/C6H5F3N2/c7-5-2-1-4(10-11-9)3-6(5)8/h1-3,10-11H. The van der Waals surface area contributed by atoms with Crippen molar-refractivity contribution in [3.63, 3.8) is 0 Å². The van der Waals surface area contributed by atoms with Crippen LogP contribution in [0.3, 0.4) is 0 Å². The highest BCUT2D eigenvalue weighted by molar-refractivity contribution is 5.41. The van der Waals surface area contributed by atoms with Gasteiger partial charge in [-0.05, 0) is 12.1 Å². The summed E-state index contributed by atoms with van der Waals surface area (Å²) < 4.78 is 35.9. The van der Waals surface area contributed by atoms with Crippen LogP contribution in [-0.2, 0) is 0 Å². The van der Waals surface area contributed by atoms with Crippen molar-refractivity contribution in [2.45, 2.75) is 0 Å². The second-order valence-corrected chi connectivity index (χ2v) is 1.85. The van der Waals surface area contributed by atoms with Crippen LogP contribution in [0, 0.1) is 11.6 Å². The molecule has 0 amide bonds. The van der Waals surface area contributed by atoms with Gasteiger partial charge in [-0.1, -0.05) is 5.65 Å². The zero-order chi connectivity index (χ0) is 8.27. The Labute approximate surface area is 60.9 Å². The average Bonchev–Trinajstić information content (AvgIpc) is 1.98. The first-order valence-electron chi connectivity index (χ1n) is 2.80. The fourth-order valence-electron chi connectivity index (χ4n) is 0.628. The van der Waals surface area contributed by atoms with E-state index >= 15 is 0 Å². The van der Waals surface area contributed by atoms with Gasteiger partial charge in [-0.25, -0.2) is 8.78 Å². The Balaban J connectivity index is 2.86. The third-order valence-electron chi connectivity index (χ3n) is 1.11. The van der Waals surface area contributed by atoms with Crippen LogP contribution in [-0.4, -0.2) is 0 Å². The van der Waals surface area contributed by atoms with E-state index in [4.69, 9.17) is 0 Å². The molecule has 0 aliphatic rings. The zero-order valence-corrected chi connectivity index (χ0v) is 5.37. The lowest BCUT2D eigenvalue weighted by molar-refractivity contribution is 0.375. The number of hydrogen-bond acceptors (Lipinski definition) is 2. The molecule has 1 rings (SSSR count). The van der Waals surface area contributed by atoms with Crippen molar-refractivity contribution in [3.05, 3.63) is 29.8 Å². The smallest absolute Gasteiger partial charge is 0.160 e. The van der Waals surface area contributed by atoms with Crippen LogP contribution in [0.4, 0.5) is 18.9 Å². The Kier molecular flexibility index (Phi) is 2.32. The number of halogens is 3. The monoisotopic (exact) mass is 162 g/mol. The molecule has 2 N–H and O–H groups in total. The molecule has 0 unspecified atom stereocenters. The number of hydrazine groups is 1. The predicted octanol–water partition coefficient (Wildman–Crippen LogP) is 1.77. The molecule has 0 spiro atoms. The van der Waals surface area contributed by atoms with E-state index in [0.717, 1.165) is 17.8 Å². The maximum Gasteiger partial charge on any atom is 0.160 e. The molecule has 1 aromatic carbocycles. The summed E-state index contributed by atoms with van der Waals surface area (Å²) in [6, 6.07) is 2.93. The van der Waals surface area contributed by atoms with Crippen LogP contribution in [0.5, 0.6) is 0 Å². The van der Waals surface area contributed by atoms with E-state index in [9.17, 15) is 13.3 Å². The van der Waals surface area contributed by atoms with Gasteiger partial charge in [-0.2, -0.15) is 0 Å². The van der Waals surface area contributed by atoms with Gasteiger partial charge >= 0.3 is 0 Å². The molecule has 0 saturated carbocycles. The highest BCUT2D eigenvalue weighted by Gasteiger charge is 2.00. The van der Waals surface area contributed by atoms with Gasteiger partial charge in [0.05, 0.1) is 5.69 Å². The van der Waals surface area contributed by atoms with Gasteiger partial charge < -0.3 is 0 Å². The third-order valence-corrected chi connectivity index (χ3v) is 1.11. The molecule has 0 aliphatic carbocycles. The van der Waals surface area contributed by atoms with Gasteiger partial charge in [0.25, 0.3) is 0 Å². The Morgan fingerprint density at radius 3 is 2.36 bits per heavy atom. The van der Waals surface area contributed by atoms with Crippen LogP contribution >= 0.6 is 0 Å². The lowest BCUT2D eigenvalue weighted by Gasteiger charge is -2.00. The minimum absolute atomic E-state index is 0.117. The van der Waals surface area contributed by atoms with E-state index in [1.54, 1.807) is 0 Å². The lowest BCUT2D eigenvalue weighted by Crippen LogP contribution is -2.10. The molecule has 5 heteroatoms. The van der Waals surface area contributed by atoms with E-state index in [-0.39, 0.29) is 5.69 Å². The van der Waals surface area contributed by atoms with E-state index in [1.807, 2.05) is 5.43 Å². The second kappa shape index (κ2) is 3.25. The van der Waals surface area contributed by atoms with Gasteiger partial charge in [0, 0.05) is 6.07 Å². The maximum absolute atomic E-state index is 12.3. The summed E-state index contributed by atoms with van der Waals surface area (Å²) in [4.78, 5) is 0. The van der Waals surface area contributed by atoms with Gasteiger partial charge in [0.1, 0.15) is 0 Å². The van der Waals surface area contributed by atoms with E-state index in [1.165, 1.54) is 6.07 Å². The first-order valence-corrected chi connectivity index (χ1v) is 2.80. The van der Waals surface area contributed by atoms with E-state index in [0.29, 0.717) is 0 Å². The molecule has 0 radical (unpaired) electrons. The topological polar surface area (TPSA) is 24.1 Å². The van der Waals surface area contributed by atoms with Crippen LogP contribution in [0.1, 0.15) is 0 Å². The molecule has 2 nitrogen and oxygen atoms in total. The molecule has 11 heavy (non-hydrogen) atoms. The summed E-state index contributed by atoms with van der Waals surface area (Å²) >= 11 is 0. The van der Waals surface area contributed by atoms with E-state index < -0.39 is 11.6 Å². The number of anilines is 1. The van der Waals surface area contributed by atoms with Crippen molar-refractivity contribution >= 4 is 5.69 Å². The van der Waals surface area contributed by atoms with Crippen molar-refractivity contribution in [3.8, 4) is 0 Å². The number of nitrogens with one attached hydrogen (secondary N) is 2. The molecule has 0 saturated heterocycles. The summed E-state index contributed by atoms with van der Waals surface area (Å²) in [7, 11) is 0. The van der Waals surface area contributed by atoms with Crippen LogP contribution < -0.4 is 11.1 Å². The number of hydrogen-bond donors (Lipinski definition) is 2. The highest BCUT2D eigenvalue weighted by Crippen LogP contribution is 2.11. The number of benzene rings is 1. The zero-order valence-electron chi connectivity index (χ0n) is 5.37. The molecule has 0 atom stereocenters. The molecular weight excluding hydrogens is 157 g/mol. The van der Waals surface area contributed by atoms with Crippen LogP contribution in [0.2, 0.25) is 0 Å². The Morgan fingerprint density at radius 2 is 1.82 bits per heavy atom. The second-order valence-electron chi connectivity index (χ2n) is 1.85. The van der Waals surface area contributed by atoms with Gasteiger partial charge in [-0.3, -0.25) is 5.43 Å². The molecular formula is C6H5F3N2. The maximum atomic E-state index is 12.3. The summed E-state index contributed by atoms with van der Waals surface area (Å²) in [5, 5.41) is 0. The first-order chi connectivity index (χ1) is 5.24. The van der Waals surface area contributed by atoms with Crippen molar-refractivity contribution in [1.29, 1.82) is 0 Å². The molecule has 0 bridgehead atoms. The van der Waals surface area contributed by atoms with Crippen LogP contribution in [0.15, 0.2) is 18.2 Å². The SMILES string of the molecule is FNNc1ccc(F)c(F)c1. The molecule has 1 aromatic rings. The fraction of sp³-hybridized carbons (Fsp3) is 0. The first kappa shape index (κ1) is 7.87. The molecule has 60 valence electrons. The molecule has 0 heterocycles. The lowest BCUT2D eigenvalue weighted by atomic mass is 10.3. The van der Waals surface area contributed by atoms with Crippen molar-refractivity contribution in [2.24, 2.45) is 0 Å². The minimum atomic E-state index is -1.02. The Hall–Kier alpha value is -1.23. The quantitative estimate of drug-likeness (QED) is 0.511. The largest absolute Gasteiger partial charge is 0.295 e. The third kappa shape index (κ3) is 1.84. The summed E-state index contributed by atoms with van der Waals surface area (Å²) in [5.74, 6) is -1.99. The normalized spacial score (nSPS) is 9.73. The highest BCUT2D eigenvalue weighted by atomic mass is 19.2. The van der Waals surface area contributed by atoms with Crippen molar-refractivity contribution in [2.75, 3.05) is 5.43 Å². The van der Waals surface area contributed by atoms with Gasteiger partial charge in [-0.15, -0.1) is 4.48 Å². The molecule has 0 aliphatic heterocycles. The van der Waals surface area contributed by atoms with Crippen molar-refractivity contribution < 1.29 is 13.3 Å². The fourth-order valence-corrected chi connectivity index (χ4v) is 0.628. The Bertz CT molecular complexity index is 252. The predicted molar refractivity (Wildman–Crippen MR) is 34.2 cm³/mol. The minimum Gasteiger partial charge on any atom is -0.295 e. The molecule has 0 aromatic heterocycles. The van der Waals surface area contributed by atoms with E-state index in [2.05, 4.69) is 0 Å². The van der Waals surface area contributed by atoms with Crippen LogP contribution in [0.25, 0.3) is 0 Å².